The fourth-order valence-electron chi connectivity index (χ4n) is 2.91. The van der Waals surface area contributed by atoms with Crippen LogP contribution in [-0.4, -0.2) is 35.0 Å². The van der Waals surface area contributed by atoms with E-state index in [-0.39, 0.29) is 17.9 Å². The van der Waals surface area contributed by atoms with E-state index in [4.69, 9.17) is 4.74 Å². The minimum absolute atomic E-state index is 0.0662. The van der Waals surface area contributed by atoms with Gasteiger partial charge in [-0.15, -0.1) is 11.3 Å². The summed E-state index contributed by atoms with van der Waals surface area (Å²) < 4.78 is 5.51. The summed E-state index contributed by atoms with van der Waals surface area (Å²) in [5, 5.41) is 0. The van der Waals surface area contributed by atoms with Gasteiger partial charge in [0.15, 0.2) is 5.78 Å². The lowest BCUT2D eigenvalue weighted by Crippen LogP contribution is -2.48. The van der Waals surface area contributed by atoms with Gasteiger partial charge in [-0.05, 0) is 58.6 Å². The summed E-state index contributed by atoms with van der Waals surface area (Å²) in [6.07, 6.45) is 1.89. The predicted octanol–water partition coefficient (Wildman–Crippen LogP) is 4.66. The molecule has 0 saturated carbocycles. The van der Waals surface area contributed by atoms with Crippen molar-refractivity contribution >= 4 is 23.2 Å². The predicted molar refractivity (Wildman–Crippen MR) is 93.1 cm³/mol. The van der Waals surface area contributed by atoms with Crippen LogP contribution < -0.4 is 0 Å². The summed E-state index contributed by atoms with van der Waals surface area (Å²) in [7, 11) is 0. The van der Waals surface area contributed by atoms with Gasteiger partial charge in [-0.3, -0.25) is 4.79 Å². The lowest BCUT2D eigenvalue weighted by atomic mass is 9.90. The van der Waals surface area contributed by atoms with Crippen LogP contribution in [0.15, 0.2) is 12.1 Å². The SMILES string of the molecule is Cc1ccc(C(=O)CC2CC(C)CCN2C(=O)OC(C)(C)C)s1. The van der Waals surface area contributed by atoms with Gasteiger partial charge in [-0.2, -0.15) is 0 Å². The van der Waals surface area contributed by atoms with Crippen molar-refractivity contribution in [3.63, 3.8) is 0 Å². The summed E-state index contributed by atoms with van der Waals surface area (Å²) >= 11 is 1.52. The lowest BCUT2D eigenvalue weighted by molar-refractivity contribution is 0.00516. The molecule has 2 rings (SSSR count). The standard InChI is InChI=1S/C18H27NO3S/c1-12-8-9-19(17(21)22-18(3,4)5)14(10-12)11-15(20)16-7-6-13(2)23-16/h6-7,12,14H,8-11H2,1-5H3. The fraction of sp³-hybridized carbons (Fsp3) is 0.667. The fourth-order valence-corrected chi connectivity index (χ4v) is 3.72. The van der Waals surface area contributed by atoms with E-state index in [0.29, 0.717) is 18.9 Å². The summed E-state index contributed by atoms with van der Waals surface area (Å²) in [6.45, 7) is 10.4. The molecule has 0 aliphatic carbocycles. The first-order chi connectivity index (χ1) is 10.7. The van der Waals surface area contributed by atoms with Crippen LogP contribution in [0.4, 0.5) is 4.79 Å². The Balaban J connectivity index is 2.08. The number of piperidine rings is 1. The van der Waals surface area contributed by atoms with E-state index in [1.807, 2.05) is 39.8 Å². The van der Waals surface area contributed by atoms with Crippen LogP contribution in [0.2, 0.25) is 0 Å². The second kappa shape index (κ2) is 7.04. The number of nitrogens with zero attached hydrogens (tertiary/aromatic N) is 1. The first kappa shape index (κ1) is 18.0. The van der Waals surface area contributed by atoms with E-state index in [9.17, 15) is 9.59 Å². The Kier molecular flexibility index (Phi) is 5.50. The Hall–Kier alpha value is -1.36. The number of likely N-dealkylation sites (tertiary alicyclic amines) is 1. The van der Waals surface area contributed by atoms with Gasteiger partial charge >= 0.3 is 6.09 Å². The van der Waals surface area contributed by atoms with Crippen molar-refractivity contribution in [2.45, 2.75) is 65.5 Å². The third-order valence-corrected chi connectivity index (χ3v) is 5.08. The third kappa shape index (κ3) is 5.06. The smallest absolute Gasteiger partial charge is 0.410 e. The van der Waals surface area contributed by atoms with Crippen molar-refractivity contribution in [2.75, 3.05) is 6.54 Å². The molecule has 1 aromatic heterocycles. The second-order valence-corrected chi connectivity index (χ2v) is 8.78. The highest BCUT2D eigenvalue weighted by atomic mass is 32.1. The van der Waals surface area contributed by atoms with E-state index in [2.05, 4.69) is 6.92 Å². The van der Waals surface area contributed by atoms with E-state index >= 15 is 0 Å². The van der Waals surface area contributed by atoms with Crippen molar-refractivity contribution in [1.29, 1.82) is 0 Å². The number of rotatable bonds is 3. The maximum atomic E-state index is 12.5. The minimum atomic E-state index is -0.514. The molecule has 0 N–H and O–H groups in total. The van der Waals surface area contributed by atoms with Crippen molar-refractivity contribution in [3.8, 4) is 0 Å². The molecule has 2 atom stereocenters. The van der Waals surface area contributed by atoms with E-state index in [1.54, 1.807) is 4.90 Å². The normalized spacial score (nSPS) is 22.0. The highest BCUT2D eigenvalue weighted by Crippen LogP contribution is 2.28. The molecule has 2 heterocycles. The molecule has 0 spiro atoms. The summed E-state index contributed by atoms with van der Waals surface area (Å²) in [6, 6.07) is 3.78. The zero-order valence-electron chi connectivity index (χ0n) is 14.7. The van der Waals surface area contributed by atoms with Gasteiger partial charge in [0.05, 0.1) is 4.88 Å². The average molecular weight is 337 g/mol. The molecule has 0 radical (unpaired) electrons. The number of aryl methyl sites for hydroxylation is 1. The Bertz CT molecular complexity index is 573. The monoisotopic (exact) mass is 337 g/mol. The average Bonchev–Trinajstić information content (AvgIpc) is 2.83. The molecule has 23 heavy (non-hydrogen) atoms. The van der Waals surface area contributed by atoms with Crippen LogP contribution in [-0.2, 0) is 4.74 Å². The third-order valence-electron chi connectivity index (χ3n) is 4.04. The molecule has 5 heteroatoms. The Morgan fingerprint density at radius 2 is 2.04 bits per heavy atom. The maximum absolute atomic E-state index is 12.5. The molecule has 0 bridgehead atoms. The molecule has 1 fully saturated rings. The van der Waals surface area contributed by atoms with Gasteiger partial charge < -0.3 is 9.64 Å². The van der Waals surface area contributed by atoms with Crippen molar-refractivity contribution in [2.24, 2.45) is 5.92 Å². The number of ether oxygens (including phenoxy) is 1. The second-order valence-electron chi connectivity index (χ2n) is 7.49. The quantitative estimate of drug-likeness (QED) is 0.753. The van der Waals surface area contributed by atoms with Gasteiger partial charge in [0.2, 0.25) is 0 Å². The Morgan fingerprint density at radius 3 is 2.61 bits per heavy atom. The molecule has 128 valence electrons. The molecular weight excluding hydrogens is 310 g/mol. The molecule has 1 aromatic rings. The van der Waals surface area contributed by atoms with E-state index in [0.717, 1.165) is 22.6 Å². The van der Waals surface area contributed by atoms with Crippen LogP contribution in [0, 0.1) is 12.8 Å². The van der Waals surface area contributed by atoms with Crippen molar-refractivity contribution in [3.05, 3.63) is 21.9 Å². The summed E-state index contributed by atoms with van der Waals surface area (Å²) in [5.74, 6) is 0.646. The zero-order valence-corrected chi connectivity index (χ0v) is 15.5. The summed E-state index contributed by atoms with van der Waals surface area (Å²) in [5.41, 5.74) is -0.514. The molecule has 0 aromatic carbocycles. The maximum Gasteiger partial charge on any atom is 0.410 e. The number of thiophene rings is 1. The van der Waals surface area contributed by atoms with Crippen LogP contribution in [0.5, 0.6) is 0 Å². The van der Waals surface area contributed by atoms with Gasteiger partial charge in [0.25, 0.3) is 0 Å². The number of hydrogen-bond acceptors (Lipinski definition) is 4. The van der Waals surface area contributed by atoms with Crippen LogP contribution in [0.3, 0.4) is 0 Å². The Morgan fingerprint density at radius 1 is 1.35 bits per heavy atom. The van der Waals surface area contributed by atoms with Gasteiger partial charge in [0, 0.05) is 23.9 Å². The number of carbonyl (C=O) groups excluding carboxylic acids is 2. The molecule has 2 unspecified atom stereocenters. The largest absolute Gasteiger partial charge is 0.444 e. The first-order valence-electron chi connectivity index (χ1n) is 8.25. The van der Waals surface area contributed by atoms with Crippen LogP contribution in [0.1, 0.15) is 61.5 Å². The molecule has 4 nitrogen and oxygen atoms in total. The molecule has 1 amide bonds. The number of Topliss-reactive ketones (excluding diaryl/α,β-unsaturated/α-hetero) is 1. The first-order valence-corrected chi connectivity index (χ1v) is 9.06. The van der Waals surface area contributed by atoms with E-state index < -0.39 is 5.60 Å². The van der Waals surface area contributed by atoms with E-state index in [1.165, 1.54) is 11.3 Å². The number of carbonyl (C=O) groups is 2. The van der Waals surface area contributed by atoms with Crippen LogP contribution in [0.25, 0.3) is 0 Å². The number of hydrogen-bond donors (Lipinski definition) is 0. The number of ketones is 1. The van der Waals surface area contributed by atoms with Gasteiger partial charge in [0.1, 0.15) is 5.60 Å². The zero-order chi connectivity index (χ0) is 17.2. The Labute approximate surface area is 142 Å². The topological polar surface area (TPSA) is 46.6 Å². The van der Waals surface area contributed by atoms with Crippen LogP contribution >= 0.6 is 11.3 Å². The highest BCUT2D eigenvalue weighted by molar-refractivity contribution is 7.14. The molecular formula is C18H27NO3S. The summed E-state index contributed by atoms with van der Waals surface area (Å²) in [4.78, 5) is 28.6. The molecule has 1 aliphatic rings. The van der Waals surface area contributed by atoms with Gasteiger partial charge in [-0.25, -0.2) is 4.79 Å². The number of amides is 1. The highest BCUT2D eigenvalue weighted by Gasteiger charge is 2.34. The van der Waals surface area contributed by atoms with Crippen molar-refractivity contribution in [1.82, 2.24) is 4.90 Å². The molecule has 1 aliphatic heterocycles. The van der Waals surface area contributed by atoms with Gasteiger partial charge in [-0.1, -0.05) is 6.92 Å². The van der Waals surface area contributed by atoms with Crippen molar-refractivity contribution < 1.29 is 14.3 Å². The lowest BCUT2D eigenvalue weighted by Gasteiger charge is -2.38. The molecule has 1 saturated heterocycles. The minimum Gasteiger partial charge on any atom is -0.444 e.